The second kappa shape index (κ2) is 8.32. The van der Waals surface area contributed by atoms with Gasteiger partial charge in [-0.05, 0) is 36.8 Å². The first-order valence-corrected chi connectivity index (χ1v) is 10.1. The van der Waals surface area contributed by atoms with Crippen molar-refractivity contribution < 1.29 is 17.6 Å². The average molecular weight is 387 g/mol. The van der Waals surface area contributed by atoms with Crippen LogP contribution in [0, 0.1) is 6.92 Å². The molecule has 2 aromatic carbocycles. The largest absolute Gasteiger partial charge is 0.497 e. The molecule has 0 aliphatic rings. The summed E-state index contributed by atoms with van der Waals surface area (Å²) in [7, 11) is -1.83. The number of methoxy groups -OCH3 is 1. The second-order valence-electron chi connectivity index (χ2n) is 6.12. The van der Waals surface area contributed by atoms with Crippen LogP contribution in [0.2, 0.25) is 0 Å². The minimum atomic E-state index is -3.42. The van der Waals surface area contributed by atoms with Crippen LogP contribution in [0.4, 0.5) is 0 Å². The molecule has 8 heteroatoms. The number of hydrogen-bond donors (Lipinski definition) is 1. The summed E-state index contributed by atoms with van der Waals surface area (Å²) in [6, 6.07) is 14.7. The highest BCUT2D eigenvalue weighted by atomic mass is 32.2. The van der Waals surface area contributed by atoms with E-state index in [1.54, 1.807) is 19.2 Å². The Morgan fingerprint density at radius 1 is 1.04 bits per heavy atom. The van der Waals surface area contributed by atoms with Crippen molar-refractivity contribution in [1.82, 2.24) is 14.9 Å². The SMILES string of the molecule is COc1ccc(-c2nnc(CCNS(=O)(=O)Cc3ccc(C)cc3)o2)cc1. The third-order valence-corrected chi connectivity index (χ3v) is 5.30. The Hall–Kier alpha value is -2.71. The third-order valence-electron chi connectivity index (χ3n) is 3.94. The lowest BCUT2D eigenvalue weighted by Crippen LogP contribution is -2.27. The maximum Gasteiger partial charge on any atom is 0.247 e. The number of sulfonamides is 1. The quantitative estimate of drug-likeness (QED) is 0.639. The fourth-order valence-electron chi connectivity index (χ4n) is 2.47. The number of aryl methyl sites for hydroxylation is 1. The molecule has 0 fully saturated rings. The second-order valence-corrected chi connectivity index (χ2v) is 7.93. The molecule has 0 bridgehead atoms. The van der Waals surface area contributed by atoms with Gasteiger partial charge < -0.3 is 9.15 Å². The molecule has 0 saturated heterocycles. The van der Waals surface area contributed by atoms with Crippen LogP contribution in [0.3, 0.4) is 0 Å². The number of hydrogen-bond acceptors (Lipinski definition) is 6. The lowest BCUT2D eigenvalue weighted by atomic mass is 10.2. The van der Waals surface area contributed by atoms with E-state index in [1.165, 1.54) is 0 Å². The lowest BCUT2D eigenvalue weighted by Gasteiger charge is -2.06. The molecule has 0 amide bonds. The molecule has 3 rings (SSSR count). The highest BCUT2D eigenvalue weighted by Gasteiger charge is 2.13. The molecule has 0 unspecified atom stereocenters. The molecule has 1 aromatic heterocycles. The van der Waals surface area contributed by atoms with Gasteiger partial charge >= 0.3 is 0 Å². The first kappa shape index (κ1) is 19.1. The van der Waals surface area contributed by atoms with E-state index in [0.29, 0.717) is 18.2 Å². The maximum absolute atomic E-state index is 12.2. The van der Waals surface area contributed by atoms with Gasteiger partial charge in [-0.3, -0.25) is 0 Å². The van der Waals surface area contributed by atoms with Gasteiger partial charge in [-0.1, -0.05) is 29.8 Å². The van der Waals surface area contributed by atoms with Crippen LogP contribution in [-0.4, -0.2) is 32.3 Å². The summed E-state index contributed by atoms with van der Waals surface area (Å²) in [6.07, 6.45) is 0.316. The van der Waals surface area contributed by atoms with Crippen LogP contribution < -0.4 is 9.46 Å². The van der Waals surface area contributed by atoms with Crippen LogP contribution in [0.1, 0.15) is 17.0 Å². The highest BCUT2D eigenvalue weighted by molar-refractivity contribution is 7.88. The Balaban J connectivity index is 1.54. The first-order chi connectivity index (χ1) is 12.9. The molecule has 3 aromatic rings. The van der Waals surface area contributed by atoms with Gasteiger partial charge in [0, 0.05) is 18.5 Å². The molecule has 0 atom stereocenters. The van der Waals surface area contributed by atoms with E-state index < -0.39 is 10.0 Å². The standard InChI is InChI=1S/C19H21N3O4S/c1-14-3-5-15(6-4-14)13-27(23,24)20-12-11-18-21-22-19(26-18)16-7-9-17(25-2)10-8-16/h3-10,20H,11-13H2,1-2H3. The summed E-state index contributed by atoms with van der Waals surface area (Å²) in [5.74, 6) is 1.43. The van der Waals surface area contributed by atoms with E-state index in [9.17, 15) is 8.42 Å². The van der Waals surface area contributed by atoms with Gasteiger partial charge in [-0.2, -0.15) is 0 Å². The number of nitrogens with one attached hydrogen (secondary N) is 1. The number of aromatic nitrogens is 2. The van der Waals surface area contributed by atoms with Gasteiger partial charge in [0.2, 0.25) is 21.8 Å². The number of nitrogens with zero attached hydrogens (tertiary/aromatic N) is 2. The van der Waals surface area contributed by atoms with E-state index >= 15 is 0 Å². The molecule has 142 valence electrons. The maximum atomic E-state index is 12.2. The molecule has 0 spiro atoms. The van der Waals surface area contributed by atoms with Gasteiger partial charge in [-0.25, -0.2) is 13.1 Å². The molecular formula is C19H21N3O4S. The summed E-state index contributed by atoms with van der Waals surface area (Å²) in [6.45, 7) is 2.15. The lowest BCUT2D eigenvalue weighted by molar-refractivity contribution is 0.415. The highest BCUT2D eigenvalue weighted by Crippen LogP contribution is 2.21. The van der Waals surface area contributed by atoms with E-state index in [2.05, 4.69) is 14.9 Å². The zero-order chi connectivity index (χ0) is 19.3. The van der Waals surface area contributed by atoms with Crippen LogP contribution in [0.25, 0.3) is 11.5 Å². The monoisotopic (exact) mass is 387 g/mol. The van der Waals surface area contributed by atoms with Crippen LogP contribution in [0.15, 0.2) is 52.9 Å². The number of rotatable bonds is 8. The van der Waals surface area contributed by atoms with Gasteiger partial charge in [0.15, 0.2) is 0 Å². The number of ether oxygens (including phenoxy) is 1. The summed E-state index contributed by atoms with van der Waals surface area (Å²) >= 11 is 0. The van der Waals surface area contributed by atoms with E-state index in [-0.39, 0.29) is 12.3 Å². The van der Waals surface area contributed by atoms with E-state index in [1.807, 2.05) is 43.3 Å². The van der Waals surface area contributed by atoms with Crippen molar-refractivity contribution in [2.75, 3.05) is 13.7 Å². The zero-order valence-corrected chi connectivity index (χ0v) is 16.0. The summed E-state index contributed by atoms with van der Waals surface area (Å²) < 4.78 is 37.6. The molecule has 27 heavy (non-hydrogen) atoms. The zero-order valence-electron chi connectivity index (χ0n) is 15.2. The van der Waals surface area contributed by atoms with Crippen molar-refractivity contribution in [2.24, 2.45) is 0 Å². The molecule has 0 radical (unpaired) electrons. The fourth-order valence-corrected chi connectivity index (χ4v) is 3.62. The van der Waals surface area contributed by atoms with Crippen molar-refractivity contribution in [1.29, 1.82) is 0 Å². The van der Waals surface area contributed by atoms with Crippen molar-refractivity contribution >= 4 is 10.0 Å². The summed E-state index contributed by atoms with van der Waals surface area (Å²) in [5.41, 5.74) is 2.61. The third kappa shape index (κ3) is 5.38. The minimum Gasteiger partial charge on any atom is -0.497 e. The summed E-state index contributed by atoms with van der Waals surface area (Å²) in [4.78, 5) is 0. The molecule has 7 nitrogen and oxygen atoms in total. The molecule has 0 saturated carbocycles. The topological polar surface area (TPSA) is 94.3 Å². The van der Waals surface area contributed by atoms with Gasteiger partial charge in [0.25, 0.3) is 0 Å². The number of benzene rings is 2. The van der Waals surface area contributed by atoms with Gasteiger partial charge in [0.1, 0.15) is 5.75 Å². The molecule has 1 N–H and O–H groups in total. The van der Waals surface area contributed by atoms with Gasteiger partial charge in [-0.15, -0.1) is 10.2 Å². The van der Waals surface area contributed by atoms with Crippen LogP contribution in [0.5, 0.6) is 5.75 Å². The molecule has 0 aliphatic heterocycles. The van der Waals surface area contributed by atoms with Crippen molar-refractivity contribution in [3.8, 4) is 17.2 Å². The van der Waals surface area contributed by atoms with Crippen LogP contribution in [-0.2, 0) is 22.2 Å². The van der Waals surface area contributed by atoms with Crippen molar-refractivity contribution in [3.63, 3.8) is 0 Å². The first-order valence-electron chi connectivity index (χ1n) is 8.45. The predicted molar refractivity (Wildman–Crippen MR) is 102 cm³/mol. The molecule has 0 aliphatic carbocycles. The van der Waals surface area contributed by atoms with Crippen molar-refractivity contribution in [3.05, 3.63) is 65.5 Å². The average Bonchev–Trinajstić information content (AvgIpc) is 3.12. The van der Waals surface area contributed by atoms with Gasteiger partial charge in [0.05, 0.1) is 12.9 Å². The normalized spacial score (nSPS) is 11.5. The van der Waals surface area contributed by atoms with Crippen LogP contribution >= 0.6 is 0 Å². The Morgan fingerprint density at radius 2 is 1.74 bits per heavy atom. The Morgan fingerprint density at radius 3 is 2.41 bits per heavy atom. The molecular weight excluding hydrogens is 366 g/mol. The van der Waals surface area contributed by atoms with Crippen molar-refractivity contribution in [2.45, 2.75) is 19.1 Å². The van der Waals surface area contributed by atoms with E-state index in [4.69, 9.17) is 9.15 Å². The predicted octanol–water partition coefficient (Wildman–Crippen LogP) is 2.72. The Kier molecular flexibility index (Phi) is 5.88. The summed E-state index contributed by atoms with van der Waals surface area (Å²) in [5, 5.41) is 7.96. The molecule has 1 heterocycles. The minimum absolute atomic E-state index is 0.0613. The smallest absolute Gasteiger partial charge is 0.247 e. The fraction of sp³-hybridized carbons (Fsp3) is 0.263. The Labute approximate surface area is 158 Å². The Bertz CT molecular complexity index is 981. The van der Waals surface area contributed by atoms with E-state index in [0.717, 1.165) is 22.4 Å².